The molecular weight excluding hydrogens is 303 g/mol. The Morgan fingerprint density at radius 3 is 2.74 bits per heavy atom. The molecule has 0 spiro atoms. The topological polar surface area (TPSA) is 42.0 Å². The third kappa shape index (κ3) is 3.47. The SMILES string of the molecule is CC(C)c1csc(NC(=O)c2cc(Cl)ccc2Cl)n1. The Bertz CT molecular complexity index is 610. The van der Waals surface area contributed by atoms with Crippen LogP contribution in [-0.4, -0.2) is 10.9 Å². The van der Waals surface area contributed by atoms with Crippen molar-refractivity contribution < 1.29 is 4.79 Å². The van der Waals surface area contributed by atoms with Crippen LogP contribution in [-0.2, 0) is 0 Å². The lowest BCUT2D eigenvalue weighted by atomic mass is 10.2. The summed E-state index contributed by atoms with van der Waals surface area (Å²) < 4.78 is 0. The number of anilines is 1. The van der Waals surface area contributed by atoms with Gasteiger partial charge in [-0.05, 0) is 24.1 Å². The first-order valence-electron chi connectivity index (χ1n) is 5.69. The van der Waals surface area contributed by atoms with E-state index in [0.29, 0.717) is 26.7 Å². The van der Waals surface area contributed by atoms with Gasteiger partial charge in [-0.3, -0.25) is 10.1 Å². The van der Waals surface area contributed by atoms with Crippen molar-refractivity contribution in [3.63, 3.8) is 0 Å². The highest BCUT2D eigenvalue weighted by molar-refractivity contribution is 7.14. The number of aromatic nitrogens is 1. The summed E-state index contributed by atoms with van der Waals surface area (Å²) in [5.74, 6) is 0.0221. The third-order valence-corrected chi connectivity index (χ3v) is 3.85. The maximum absolute atomic E-state index is 12.1. The van der Waals surface area contributed by atoms with Crippen molar-refractivity contribution >= 4 is 45.6 Å². The van der Waals surface area contributed by atoms with Gasteiger partial charge in [0.05, 0.1) is 16.3 Å². The second-order valence-corrected chi connectivity index (χ2v) is 6.01. The standard InChI is InChI=1S/C13H12Cl2N2OS/c1-7(2)11-6-19-13(16-11)17-12(18)9-5-8(14)3-4-10(9)15/h3-7H,1-2H3,(H,16,17,18). The highest BCUT2D eigenvalue weighted by Gasteiger charge is 2.13. The van der Waals surface area contributed by atoms with Crippen LogP contribution >= 0.6 is 34.5 Å². The van der Waals surface area contributed by atoms with Crippen molar-refractivity contribution in [3.05, 3.63) is 44.9 Å². The molecule has 0 aliphatic rings. The van der Waals surface area contributed by atoms with Gasteiger partial charge in [-0.25, -0.2) is 4.98 Å². The van der Waals surface area contributed by atoms with E-state index in [1.807, 2.05) is 5.38 Å². The Morgan fingerprint density at radius 2 is 2.11 bits per heavy atom. The van der Waals surface area contributed by atoms with E-state index in [4.69, 9.17) is 23.2 Å². The van der Waals surface area contributed by atoms with Crippen LogP contribution in [0.1, 0.15) is 35.8 Å². The highest BCUT2D eigenvalue weighted by Crippen LogP contribution is 2.24. The van der Waals surface area contributed by atoms with Crippen molar-refractivity contribution in [2.45, 2.75) is 19.8 Å². The van der Waals surface area contributed by atoms with Crippen LogP contribution in [0.2, 0.25) is 10.0 Å². The van der Waals surface area contributed by atoms with Gasteiger partial charge >= 0.3 is 0 Å². The van der Waals surface area contributed by atoms with E-state index in [1.54, 1.807) is 12.1 Å². The average Bonchev–Trinajstić information content (AvgIpc) is 2.80. The molecule has 0 aliphatic heterocycles. The molecule has 1 N–H and O–H groups in total. The summed E-state index contributed by atoms with van der Waals surface area (Å²) in [6.07, 6.45) is 0. The zero-order valence-electron chi connectivity index (χ0n) is 10.4. The normalized spacial score (nSPS) is 10.8. The zero-order valence-corrected chi connectivity index (χ0v) is 12.7. The van der Waals surface area contributed by atoms with E-state index < -0.39 is 0 Å². The van der Waals surface area contributed by atoms with Gasteiger partial charge in [0.2, 0.25) is 0 Å². The molecule has 0 atom stereocenters. The Balaban J connectivity index is 2.18. The fourth-order valence-corrected chi connectivity index (χ4v) is 2.69. The fourth-order valence-electron chi connectivity index (χ4n) is 1.44. The lowest BCUT2D eigenvalue weighted by Gasteiger charge is -2.04. The number of carbonyl (C=O) groups is 1. The number of carbonyl (C=O) groups excluding carboxylic acids is 1. The van der Waals surface area contributed by atoms with E-state index in [-0.39, 0.29) is 5.91 Å². The van der Waals surface area contributed by atoms with Gasteiger partial charge in [0.15, 0.2) is 5.13 Å². The maximum atomic E-state index is 12.1. The molecule has 0 saturated carbocycles. The summed E-state index contributed by atoms with van der Waals surface area (Å²) in [6, 6.07) is 4.78. The number of nitrogens with one attached hydrogen (secondary N) is 1. The molecule has 1 aromatic carbocycles. The number of hydrogen-bond donors (Lipinski definition) is 1. The number of benzene rings is 1. The van der Waals surface area contributed by atoms with Gasteiger partial charge in [0, 0.05) is 10.4 Å². The second kappa shape index (κ2) is 5.90. The minimum atomic E-state index is -0.308. The summed E-state index contributed by atoms with van der Waals surface area (Å²) in [4.78, 5) is 16.4. The number of thiazole rings is 1. The molecule has 0 fully saturated rings. The summed E-state index contributed by atoms with van der Waals surface area (Å²) in [5, 5.41) is 6.05. The lowest BCUT2D eigenvalue weighted by Crippen LogP contribution is -2.12. The molecule has 2 rings (SSSR count). The van der Waals surface area contributed by atoms with E-state index in [2.05, 4.69) is 24.1 Å². The van der Waals surface area contributed by atoms with Gasteiger partial charge in [-0.1, -0.05) is 37.0 Å². The van der Waals surface area contributed by atoms with Crippen molar-refractivity contribution in [3.8, 4) is 0 Å². The maximum Gasteiger partial charge on any atom is 0.259 e. The Kier molecular flexibility index (Phi) is 4.45. The number of nitrogens with zero attached hydrogens (tertiary/aromatic N) is 1. The molecule has 6 heteroatoms. The molecule has 0 saturated heterocycles. The second-order valence-electron chi connectivity index (χ2n) is 4.31. The van der Waals surface area contributed by atoms with Gasteiger partial charge < -0.3 is 0 Å². The molecule has 0 radical (unpaired) electrons. The minimum Gasteiger partial charge on any atom is -0.298 e. The summed E-state index contributed by atoms with van der Waals surface area (Å²) in [6.45, 7) is 4.10. The molecule has 0 aliphatic carbocycles. The first-order valence-corrected chi connectivity index (χ1v) is 7.32. The Labute approximate surface area is 125 Å². The van der Waals surface area contributed by atoms with E-state index >= 15 is 0 Å². The van der Waals surface area contributed by atoms with Crippen LogP contribution in [0.4, 0.5) is 5.13 Å². The van der Waals surface area contributed by atoms with Crippen LogP contribution in [0.15, 0.2) is 23.6 Å². The zero-order chi connectivity index (χ0) is 14.0. The summed E-state index contributed by atoms with van der Waals surface area (Å²) in [7, 11) is 0. The van der Waals surface area contributed by atoms with Crippen LogP contribution < -0.4 is 5.32 Å². The summed E-state index contributed by atoms with van der Waals surface area (Å²) in [5.41, 5.74) is 1.30. The summed E-state index contributed by atoms with van der Waals surface area (Å²) >= 11 is 13.2. The lowest BCUT2D eigenvalue weighted by molar-refractivity contribution is 0.102. The van der Waals surface area contributed by atoms with Gasteiger partial charge in [-0.15, -0.1) is 11.3 Å². The van der Waals surface area contributed by atoms with E-state index in [9.17, 15) is 4.79 Å². The molecule has 1 aromatic heterocycles. The molecule has 0 bridgehead atoms. The molecule has 0 unspecified atom stereocenters. The molecule has 100 valence electrons. The fraction of sp³-hybridized carbons (Fsp3) is 0.231. The number of hydrogen-bond acceptors (Lipinski definition) is 3. The van der Waals surface area contributed by atoms with Crippen LogP contribution in [0.5, 0.6) is 0 Å². The van der Waals surface area contributed by atoms with E-state index in [0.717, 1.165) is 5.69 Å². The smallest absolute Gasteiger partial charge is 0.259 e. The number of rotatable bonds is 3. The predicted octanol–water partition coefficient (Wildman–Crippen LogP) is 4.83. The van der Waals surface area contributed by atoms with Crippen LogP contribution in [0.3, 0.4) is 0 Å². The van der Waals surface area contributed by atoms with Crippen molar-refractivity contribution in [2.75, 3.05) is 5.32 Å². The van der Waals surface area contributed by atoms with E-state index in [1.165, 1.54) is 17.4 Å². The van der Waals surface area contributed by atoms with Gasteiger partial charge in [-0.2, -0.15) is 0 Å². The van der Waals surface area contributed by atoms with Crippen LogP contribution in [0, 0.1) is 0 Å². The molecule has 19 heavy (non-hydrogen) atoms. The quantitative estimate of drug-likeness (QED) is 0.882. The van der Waals surface area contributed by atoms with Crippen molar-refractivity contribution in [1.82, 2.24) is 4.98 Å². The Hall–Kier alpha value is -1.10. The molecule has 2 aromatic rings. The first-order chi connectivity index (χ1) is 8.97. The van der Waals surface area contributed by atoms with Gasteiger partial charge in [0.1, 0.15) is 0 Å². The molecule has 3 nitrogen and oxygen atoms in total. The predicted molar refractivity (Wildman–Crippen MR) is 80.6 cm³/mol. The molecule has 1 heterocycles. The molecule has 1 amide bonds. The Morgan fingerprint density at radius 1 is 1.37 bits per heavy atom. The van der Waals surface area contributed by atoms with Crippen molar-refractivity contribution in [2.24, 2.45) is 0 Å². The first kappa shape index (κ1) is 14.3. The van der Waals surface area contributed by atoms with Gasteiger partial charge in [0.25, 0.3) is 5.91 Å². The number of amides is 1. The minimum absolute atomic E-state index is 0.308. The third-order valence-electron chi connectivity index (χ3n) is 2.51. The average molecular weight is 315 g/mol. The van der Waals surface area contributed by atoms with Crippen molar-refractivity contribution in [1.29, 1.82) is 0 Å². The largest absolute Gasteiger partial charge is 0.298 e. The number of halogens is 2. The highest BCUT2D eigenvalue weighted by atomic mass is 35.5. The molecular formula is C13H12Cl2N2OS. The van der Waals surface area contributed by atoms with Crippen LogP contribution in [0.25, 0.3) is 0 Å². The monoisotopic (exact) mass is 314 g/mol.